The molecular weight excluding hydrogens is 340 g/mol. The Morgan fingerprint density at radius 3 is 2.67 bits per heavy atom. The molecule has 0 atom stereocenters. The van der Waals surface area contributed by atoms with Gasteiger partial charge in [-0.3, -0.25) is 9.59 Å². The molecule has 0 radical (unpaired) electrons. The van der Waals surface area contributed by atoms with Gasteiger partial charge in [-0.25, -0.2) is 5.01 Å². The van der Waals surface area contributed by atoms with Gasteiger partial charge in [-0.2, -0.15) is 5.10 Å². The van der Waals surface area contributed by atoms with Crippen molar-refractivity contribution >= 4 is 28.4 Å². The fraction of sp³-hybridized carbons (Fsp3) is 0.476. The number of hydrazone groups is 1. The van der Waals surface area contributed by atoms with E-state index in [1.165, 1.54) is 5.01 Å². The van der Waals surface area contributed by atoms with Gasteiger partial charge in [0.25, 0.3) is 5.91 Å². The molecule has 2 heterocycles. The second-order valence-electron chi connectivity index (χ2n) is 8.53. The number of benzene rings is 1. The van der Waals surface area contributed by atoms with Gasteiger partial charge in [-0.1, -0.05) is 39.0 Å². The summed E-state index contributed by atoms with van der Waals surface area (Å²) in [5.74, 6) is -0.371. The van der Waals surface area contributed by atoms with Crippen molar-refractivity contribution in [1.82, 2.24) is 14.9 Å². The molecule has 1 fully saturated rings. The summed E-state index contributed by atoms with van der Waals surface area (Å²) in [6.07, 6.45) is 3.19. The SMILES string of the molecule is CC(C)(C)C1=NN(CC(=O)NC2CCC2)C(=O)c2cc3ccccc3n2C1. The third kappa shape index (κ3) is 3.36. The summed E-state index contributed by atoms with van der Waals surface area (Å²) in [5, 5.41) is 9.99. The lowest BCUT2D eigenvalue weighted by atomic mass is 9.90. The maximum Gasteiger partial charge on any atom is 0.291 e. The minimum Gasteiger partial charge on any atom is -0.352 e. The normalized spacial score (nSPS) is 18.0. The first-order valence-electron chi connectivity index (χ1n) is 9.60. The van der Waals surface area contributed by atoms with E-state index in [9.17, 15) is 9.59 Å². The van der Waals surface area contributed by atoms with Gasteiger partial charge in [-0.05, 0) is 31.4 Å². The lowest BCUT2D eigenvalue weighted by Gasteiger charge is -2.27. The van der Waals surface area contributed by atoms with Crippen LogP contribution in [0.3, 0.4) is 0 Å². The average molecular weight is 366 g/mol. The average Bonchev–Trinajstić information content (AvgIpc) is 2.87. The Morgan fingerprint density at radius 2 is 2.00 bits per heavy atom. The smallest absolute Gasteiger partial charge is 0.291 e. The van der Waals surface area contributed by atoms with Gasteiger partial charge >= 0.3 is 0 Å². The zero-order valence-corrected chi connectivity index (χ0v) is 16.2. The van der Waals surface area contributed by atoms with Crippen LogP contribution in [0.4, 0.5) is 0 Å². The third-order valence-corrected chi connectivity index (χ3v) is 5.44. The van der Waals surface area contributed by atoms with E-state index in [4.69, 9.17) is 0 Å². The number of amides is 2. The molecule has 2 amide bonds. The molecular formula is C21H26N4O2. The third-order valence-electron chi connectivity index (χ3n) is 5.44. The molecule has 2 aliphatic rings. The van der Waals surface area contributed by atoms with E-state index in [0.29, 0.717) is 12.2 Å². The number of nitrogens with zero attached hydrogens (tertiary/aromatic N) is 3. The Balaban J connectivity index is 1.71. The molecule has 1 saturated carbocycles. The van der Waals surface area contributed by atoms with Gasteiger partial charge in [0.15, 0.2) is 0 Å². The largest absolute Gasteiger partial charge is 0.352 e. The summed E-state index contributed by atoms with van der Waals surface area (Å²) in [7, 11) is 0. The Labute approximate surface area is 159 Å². The molecule has 0 spiro atoms. The second kappa shape index (κ2) is 6.51. The van der Waals surface area contributed by atoms with Crippen LogP contribution in [0.2, 0.25) is 0 Å². The summed E-state index contributed by atoms with van der Waals surface area (Å²) >= 11 is 0. The summed E-state index contributed by atoms with van der Waals surface area (Å²) in [5.41, 5.74) is 2.26. The molecule has 1 aromatic heterocycles. The number of carbonyl (C=O) groups is 2. The van der Waals surface area contributed by atoms with Crippen molar-refractivity contribution in [1.29, 1.82) is 0 Å². The lowest BCUT2D eigenvalue weighted by Crippen LogP contribution is -2.45. The van der Waals surface area contributed by atoms with E-state index in [2.05, 4.69) is 31.2 Å². The molecule has 1 N–H and O–H groups in total. The second-order valence-corrected chi connectivity index (χ2v) is 8.53. The zero-order chi connectivity index (χ0) is 19.2. The molecule has 4 rings (SSSR count). The maximum atomic E-state index is 13.2. The standard InChI is InChI=1S/C21H26N4O2/c1-21(2,3)18-12-24-16-10-5-4-7-14(16)11-17(24)20(27)25(23-18)13-19(26)22-15-8-6-9-15/h4-5,7,10-11,15H,6,8-9,12-13H2,1-3H3,(H,22,26). The number of aromatic nitrogens is 1. The van der Waals surface area contributed by atoms with Crippen LogP contribution >= 0.6 is 0 Å². The van der Waals surface area contributed by atoms with Crippen LogP contribution in [0.15, 0.2) is 35.4 Å². The fourth-order valence-electron chi connectivity index (χ4n) is 3.52. The summed E-state index contributed by atoms with van der Waals surface area (Å²) < 4.78 is 2.02. The van der Waals surface area contributed by atoms with Crippen LogP contribution in [0.5, 0.6) is 0 Å². The number of fused-ring (bicyclic) bond motifs is 3. The minimum absolute atomic E-state index is 0.0452. The van der Waals surface area contributed by atoms with Gasteiger partial charge in [0, 0.05) is 22.4 Å². The molecule has 1 aromatic carbocycles. The van der Waals surface area contributed by atoms with E-state index in [0.717, 1.165) is 35.9 Å². The monoisotopic (exact) mass is 366 g/mol. The quantitative estimate of drug-likeness (QED) is 0.907. The number of rotatable bonds is 3. The van der Waals surface area contributed by atoms with E-state index in [-0.39, 0.29) is 29.8 Å². The molecule has 2 aromatic rings. The van der Waals surface area contributed by atoms with Crippen molar-refractivity contribution in [2.24, 2.45) is 10.5 Å². The van der Waals surface area contributed by atoms with Crippen LogP contribution < -0.4 is 5.32 Å². The number of hydrogen-bond donors (Lipinski definition) is 1. The number of para-hydroxylation sites is 1. The molecule has 0 bridgehead atoms. The molecule has 6 heteroatoms. The van der Waals surface area contributed by atoms with Gasteiger partial charge in [0.2, 0.25) is 5.91 Å². The van der Waals surface area contributed by atoms with Crippen molar-refractivity contribution in [2.45, 2.75) is 52.6 Å². The Morgan fingerprint density at radius 1 is 1.26 bits per heavy atom. The van der Waals surface area contributed by atoms with Crippen LogP contribution in [0.25, 0.3) is 10.9 Å². The van der Waals surface area contributed by atoms with Gasteiger partial charge in [0.1, 0.15) is 12.2 Å². The predicted octanol–water partition coefficient (Wildman–Crippen LogP) is 3.17. The van der Waals surface area contributed by atoms with Crippen LogP contribution in [-0.2, 0) is 11.3 Å². The predicted molar refractivity (Wildman–Crippen MR) is 106 cm³/mol. The molecule has 6 nitrogen and oxygen atoms in total. The van der Waals surface area contributed by atoms with Crippen LogP contribution in [0.1, 0.15) is 50.5 Å². The molecule has 1 aliphatic carbocycles. The Hall–Kier alpha value is -2.63. The molecule has 142 valence electrons. The van der Waals surface area contributed by atoms with E-state index < -0.39 is 0 Å². The molecule has 1 aliphatic heterocycles. The minimum atomic E-state index is -0.228. The van der Waals surface area contributed by atoms with Crippen LogP contribution in [0, 0.1) is 5.41 Å². The van der Waals surface area contributed by atoms with Crippen molar-refractivity contribution in [3.05, 3.63) is 36.0 Å². The lowest BCUT2D eigenvalue weighted by molar-refractivity contribution is -0.123. The van der Waals surface area contributed by atoms with Crippen molar-refractivity contribution < 1.29 is 9.59 Å². The Kier molecular flexibility index (Phi) is 4.29. The first kappa shape index (κ1) is 17.8. The first-order valence-corrected chi connectivity index (χ1v) is 9.60. The highest BCUT2D eigenvalue weighted by Crippen LogP contribution is 2.27. The molecule has 0 saturated heterocycles. The highest BCUT2D eigenvalue weighted by Gasteiger charge is 2.32. The van der Waals surface area contributed by atoms with E-state index in [1.807, 2.05) is 34.9 Å². The Bertz CT molecular complexity index is 931. The van der Waals surface area contributed by atoms with Crippen molar-refractivity contribution in [3.8, 4) is 0 Å². The van der Waals surface area contributed by atoms with Gasteiger partial charge < -0.3 is 9.88 Å². The topological polar surface area (TPSA) is 66.7 Å². The van der Waals surface area contributed by atoms with Gasteiger partial charge in [0.05, 0.1) is 12.3 Å². The van der Waals surface area contributed by atoms with Crippen molar-refractivity contribution in [2.75, 3.05) is 6.54 Å². The number of hydrogen-bond acceptors (Lipinski definition) is 3. The first-order chi connectivity index (χ1) is 12.8. The number of nitrogens with one attached hydrogen (secondary N) is 1. The van der Waals surface area contributed by atoms with Gasteiger partial charge in [-0.15, -0.1) is 0 Å². The summed E-state index contributed by atoms with van der Waals surface area (Å²) in [6, 6.07) is 10.1. The van der Waals surface area contributed by atoms with Crippen LogP contribution in [-0.4, -0.2) is 39.7 Å². The highest BCUT2D eigenvalue weighted by atomic mass is 16.2. The maximum absolute atomic E-state index is 13.2. The van der Waals surface area contributed by atoms with Crippen molar-refractivity contribution in [3.63, 3.8) is 0 Å². The van der Waals surface area contributed by atoms with E-state index >= 15 is 0 Å². The number of carbonyl (C=O) groups excluding carboxylic acids is 2. The molecule has 27 heavy (non-hydrogen) atoms. The molecule has 0 unspecified atom stereocenters. The highest BCUT2D eigenvalue weighted by molar-refractivity contribution is 6.03. The fourth-order valence-corrected chi connectivity index (χ4v) is 3.52. The summed E-state index contributed by atoms with van der Waals surface area (Å²) in [4.78, 5) is 25.6. The van der Waals surface area contributed by atoms with E-state index in [1.54, 1.807) is 0 Å². The zero-order valence-electron chi connectivity index (χ0n) is 16.2. The summed E-state index contributed by atoms with van der Waals surface area (Å²) in [6.45, 7) is 6.74.